The van der Waals surface area contributed by atoms with Gasteiger partial charge in [0.2, 0.25) is 0 Å². The molecule has 82 valence electrons. The van der Waals surface area contributed by atoms with E-state index in [4.69, 9.17) is 14.8 Å². The van der Waals surface area contributed by atoms with E-state index in [9.17, 15) is 18.0 Å². The second-order valence-electron chi connectivity index (χ2n) is 2.41. The van der Waals surface area contributed by atoms with Gasteiger partial charge in [0.05, 0.1) is 6.54 Å². The molecule has 0 aliphatic carbocycles. The Bertz CT molecular complexity index is 321. The van der Waals surface area contributed by atoms with E-state index in [1.54, 1.807) is 0 Å². The molecule has 0 heterocycles. The Kier molecular flexibility index (Phi) is 4.47. The molecule has 0 aromatic heterocycles. The van der Waals surface area contributed by atoms with Gasteiger partial charge >= 0.3 is 11.9 Å². The average molecular weight is 227 g/mol. The molecule has 0 radical (unpaired) electrons. The van der Waals surface area contributed by atoms with Crippen molar-refractivity contribution >= 4 is 22.1 Å². The van der Waals surface area contributed by atoms with Crippen LogP contribution in [0.25, 0.3) is 0 Å². The first-order valence-electron chi connectivity index (χ1n) is 3.35. The fraction of sp³-hybridized carbons (Fsp3) is 0.600. The molecule has 1 atom stereocenters. The van der Waals surface area contributed by atoms with Crippen molar-refractivity contribution in [2.45, 2.75) is 6.04 Å². The Hall–Kier alpha value is -1.19. The molecule has 4 N–H and O–H groups in total. The van der Waals surface area contributed by atoms with Crippen LogP contribution in [-0.2, 0) is 19.7 Å². The van der Waals surface area contributed by atoms with Crippen LogP contribution in [0.15, 0.2) is 0 Å². The Morgan fingerprint density at radius 2 is 1.79 bits per heavy atom. The van der Waals surface area contributed by atoms with Crippen LogP contribution >= 0.6 is 0 Å². The molecule has 0 fully saturated rings. The van der Waals surface area contributed by atoms with Crippen LogP contribution in [0.1, 0.15) is 0 Å². The first-order valence-corrected chi connectivity index (χ1v) is 4.96. The van der Waals surface area contributed by atoms with Crippen LogP contribution in [0.2, 0.25) is 0 Å². The van der Waals surface area contributed by atoms with Gasteiger partial charge in [0.15, 0.2) is 0 Å². The maximum absolute atomic E-state index is 10.4. The minimum absolute atomic E-state index is 0.702. The normalized spacial score (nSPS) is 13.5. The largest absolute Gasteiger partial charge is 0.480 e. The summed E-state index contributed by atoms with van der Waals surface area (Å²) in [6.45, 7) is -0.702. The molecule has 0 saturated carbocycles. The first kappa shape index (κ1) is 12.8. The SMILES string of the molecule is O=C(O)CN[C@@H](CS(=O)(=O)O)C(=O)O. The summed E-state index contributed by atoms with van der Waals surface area (Å²) < 4.78 is 28.9. The zero-order valence-electron chi connectivity index (χ0n) is 6.87. The third-order valence-electron chi connectivity index (χ3n) is 1.18. The molecular formula is C5H9NO7S. The van der Waals surface area contributed by atoms with Crippen LogP contribution < -0.4 is 5.32 Å². The fourth-order valence-corrected chi connectivity index (χ4v) is 1.32. The third kappa shape index (κ3) is 6.34. The molecule has 0 aliphatic heterocycles. The molecule has 9 heteroatoms. The minimum Gasteiger partial charge on any atom is -0.480 e. The van der Waals surface area contributed by atoms with Crippen molar-refractivity contribution < 1.29 is 32.8 Å². The lowest BCUT2D eigenvalue weighted by atomic mass is 10.3. The Morgan fingerprint density at radius 1 is 1.29 bits per heavy atom. The lowest BCUT2D eigenvalue weighted by Gasteiger charge is -2.10. The van der Waals surface area contributed by atoms with E-state index in [-0.39, 0.29) is 0 Å². The summed E-state index contributed by atoms with van der Waals surface area (Å²) in [7, 11) is -4.45. The summed E-state index contributed by atoms with van der Waals surface area (Å²) >= 11 is 0. The lowest BCUT2D eigenvalue weighted by molar-refractivity contribution is -0.139. The van der Waals surface area contributed by atoms with Crippen molar-refractivity contribution in [3.63, 3.8) is 0 Å². The summed E-state index contributed by atoms with van der Waals surface area (Å²) in [4.78, 5) is 20.4. The van der Waals surface area contributed by atoms with Gasteiger partial charge in [-0.3, -0.25) is 19.5 Å². The van der Waals surface area contributed by atoms with Crippen LogP contribution in [0.3, 0.4) is 0 Å². The van der Waals surface area contributed by atoms with Crippen LogP contribution in [0, 0.1) is 0 Å². The molecule has 0 aromatic carbocycles. The number of hydrogen-bond acceptors (Lipinski definition) is 5. The molecule has 0 spiro atoms. The van der Waals surface area contributed by atoms with Crippen LogP contribution in [0.5, 0.6) is 0 Å². The molecular weight excluding hydrogens is 218 g/mol. The number of carbonyl (C=O) groups is 2. The monoisotopic (exact) mass is 227 g/mol. The molecule has 8 nitrogen and oxygen atoms in total. The summed E-state index contributed by atoms with van der Waals surface area (Å²) in [6, 6.07) is -1.64. The molecule has 0 amide bonds. The predicted molar refractivity (Wildman–Crippen MR) is 43.5 cm³/mol. The van der Waals surface area contributed by atoms with Crippen molar-refractivity contribution in [1.82, 2.24) is 5.32 Å². The highest BCUT2D eigenvalue weighted by atomic mass is 32.2. The van der Waals surface area contributed by atoms with Gasteiger partial charge in [0.25, 0.3) is 10.1 Å². The van der Waals surface area contributed by atoms with E-state index in [1.165, 1.54) is 0 Å². The molecule has 0 unspecified atom stereocenters. The third-order valence-corrected chi connectivity index (χ3v) is 1.93. The van der Waals surface area contributed by atoms with E-state index >= 15 is 0 Å². The number of carboxylic acid groups (broad SMARTS) is 2. The van der Waals surface area contributed by atoms with E-state index in [0.29, 0.717) is 0 Å². The Labute approximate surface area is 79.3 Å². The van der Waals surface area contributed by atoms with Crippen molar-refractivity contribution in [3.05, 3.63) is 0 Å². The van der Waals surface area contributed by atoms with Gasteiger partial charge < -0.3 is 10.2 Å². The summed E-state index contributed by atoms with van der Waals surface area (Å²) in [5, 5.41) is 18.5. The molecule has 0 bridgehead atoms. The van der Waals surface area contributed by atoms with Crippen LogP contribution in [0.4, 0.5) is 0 Å². The maximum atomic E-state index is 10.4. The van der Waals surface area contributed by atoms with Crippen LogP contribution in [-0.4, -0.2) is 53.5 Å². The molecule has 14 heavy (non-hydrogen) atoms. The van der Waals surface area contributed by atoms with Crippen molar-refractivity contribution in [2.24, 2.45) is 0 Å². The quantitative estimate of drug-likeness (QED) is 0.382. The smallest absolute Gasteiger partial charge is 0.321 e. The highest BCUT2D eigenvalue weighted by molar-refractivity contribution is 7.85. The topological polar surface area (TPSA) is 141 Å². The number of rotatable bonds is 6. The average Bonchev–Trinajstić information content (AvgIpc) is 1.94. The minimum atomic E-state index is -4.45. The summed E-state index contributed by atoms with van der Waals surface area (Å²) in [5.74, 6) is -3.95. The number of hydrogen-bond donors (Lipinski definition) is 4. The van der Waals surface area contributed by atoms with Gasteiger partial charge in [0.1, 0.15) is 11.8 Å². The predicted octanol–water partition coefficient (Wildman–Crippen LogP) is -2.00. The van der Waals surface area contributed by atoms with Crippen molar-refractivity contribution in [2.75, 3.05) is 12.3 Å². The highest BCUT2D eigenvalue weighted by Gasteiger charge is 2.23. The van der Waals surface area contributed by atoms with Gasteiger partial charge in [-0.1, -0.05) is 0 Å². The molecule has 0 rings (SSSR count). The van der Waals surface area contributed by atoms with E-state index < -0.39 is 40.4 Å². The standard InChI is InChI=1S/C5H9NO7S/c7-4(8)1-6-3(5(9)10)2-14(11,12)13/h3,6H,1-2H2,(H,7,8)(H,9,10)(H,11,12,13)/t3-/m0/s1. The fourth-order valence-electron chi connectivity index (χ4n) is 0.639. The zero-order chi connectivity index (χ0) is 11.4. The molecule has 0 aromatic rings. The second kappa shape index (κ2) is 4.88. The highest BCUT2D eigenvalue weighted by Crippen LogP contribution is 1.91. The zero-order valence-corrected chi connectivity index (χ0v) is 7.69. The van der Waals surface area contributed by atoms with Gasteiger partial charge in [-0.25, -0.2) is 0 Å². The van der Waals surface area contributed by atoms with Gasteiger partial charge in [-0.2, -0.15) is 8.42 Å². The van der Waals surface area contributed by atoms with Crippen molar-refractivity contribution in [1.29, 1.82) is 0 Å². The number of nitrogens with one attached hydrogen (secondary N) is 1. The van der Waals surface area contributed by atoms with Gasteiger partial charge in [-0.15, -0.1) is 0 Å². The van der Waals surface area contributed by atoms with E-state index in [1.807, 2.05) is 5.32 Å². The lowest BCUT2D eigenvalue weighted by Crippen LogP contribution is -2.44. The van der Waals surface area contributed by atoms with E-state index in [0.717, 1.165) is 0 Å². The summed E-state index contributed by atoms with van der Waals surface area (Å²) in [5.41, 5.74) is 0. The number of carboxylic acids is 2. The van der Waals surface area contributed by atoms with Gasteiger partial charge in [-0.05, 0) is 0 Å². The molecule has 0 aliphatic rings. The number of aliphatic carboxylic acids is 2. The van der Waals surface area contributed by atoms with Crippen molar-refractivity contribution in [3.8, 4) is 0 Å². The summed E-state index contributed by atoms with van der Waals surface area (Å²) in [6.07, 6.45) is 0. The van der Waals surface area contributed by atoms with Gasteiger partial charge in [0, 0.05) is 0 Å². The second-order valence-corrected chi connectivity index (χ2v) is 3.91. The molecule has 0 saturated heterocycles. The Morgan fingerprint density at radius 3 is 2.07 bits per heavy atom. The van der Waals surface area contributed by atoms with E-state index in [2.05, 4.69) is 0 Å². The Balaban J connectivity index is 4.32. The maximum Gasteiger partial charge on any atom is 0.321 e. The first-order chi connectivity index (χ1) is 6.22.